The Labute approximate surface area is 61.8 Å². The molecule has 0 aromatic heterocycles. The molecule has 0 aliphatic rings. The summed E-state index contributed by atoms with van der Waals surface area (Å²) in [4.78, 5) is 10.8. The zero-order valence-electron chi connectivity index (χ0n) is 6.26. The molecule has 10 heavy (non-hydrogen) atoms. The Morgan fingerprint density at radius 1 is 1.80 bits per heavy atom. The van der Waals surface area contributed by atoms with Crippen LogP contribution in [0.4, 0.5) is 0 Å². The summed E-state index contributed by atoms with van der Waals surface area (Å²) in [5, 5.41) is 0. The van der Waals surface area contributed by atoms with Crippen LogP contribution < -0.4 is 5.73 Å². The number of Topliss-reactive ketones (excluding diaryl/α,β-unsaturated/α-hetero) is 1. The summed E-state index contributed by atoms with van der Waals surface area (Å²) in [5.41, 5.74) is 5.39. The number of rotatable bonds is 4. The van der Waals surface area contributed by atoms with Gasteiger partial charge >= 0.3 is 0 Å². The van der Waals surface area contributed by atoms with Gasteiger partial charge in [0.2, 0.25) is 0 Å². The molecule has 0 saturated carbocycles. The second-order valence-electron chi connectivity index (χ2n) is 2.42. The lowest BCUT2D eigenvalue weighted by atomic mass is 10.1. The molecule has 0 saturated heterocycles. The SMILES string of the molecule is C#CCCC(=O)CC(C)N. The Morgan fingerprint density at radius 2 is 2.40 bits per heavy atom. The van der Waals surface area contributed by atoms with E-state index in [0.29, 0.717) is 19.3 Å². The lowest BCUT2D eigenvalue weighted by Crippen LogP contribution is -2.19. The minimum Gasteiger partial charge on any atom is -0.328 e. The first kappa shape index (κ1) is 9.19. The van der Waals surface area contributed by atoms with Gasteiger partial charge in [0.05, 0.1) is 0 Å². The van der Waals surface area contributed by atoms with Crippen LogP contribution in [-0.2, 0) is 4.79 Å². The fraction of sp³-hybridized carbons (Fsp3) is 0.625. The van der Waals surface area contributed by atoms with Crippen molar-refractivity contribution in [3.05, 3.63) is 0 Å². The van der Waals surface area contributed by atoms with Gasteiger partial charge in [0.25, 0.3) is 0 Å². The average Bonchev–Trinajstić information content (AvgIpc) is 1.82. The molecule has 0 fully saturated rings. The van der Waals surface area contributed by atoms with Gasteiger partial charge in [-0.15, -0.1) is 12.3 Å². The molecule has 0 heterocycles. The van der Waals surface area contributed by atoms with Crippen molar-refractivity contribution in [3.63, 3.8) is 0 Å². The predicted octanol–water partition coefficient (Wildman–Crippen LogP) is 0.706. The number of carbonyl (C=O) groups excluding carboxylic acids is 1. The lowest BCUT2D eigenvalue weighted by Gasteiger charge is -2.00. The van der Waals surface area contributed by atoms with Crippen molar-refractivity contribution >= 4 is 5.78 Å². The van der Waals surface area contributed by atoms with Gasteiger partial charge in [-0.1, -0.05) is 0 Å². The van der Waals surface area contributed by atoms with Gasteiger partial charge in [-0.3, -0.25) is 4.79 Å². The summed E-state index contributed by atoms with van der Waals surface area (Å²) in [6.07, 6.45) is 6.42. The van der Waals surface area contributed by atoms with Crippen LogP contribution in [0.3, 0.4) is 0 Å². The Bertz CT molecular complexity index is 144. The lowest BCUT2D eigenvalue weighted by molar-refractivity contribution is -0.119. The zero-order chi connectivity index (χ0) is 7.98. The Morgan fingerprint density at radius 3 is 2.80 bits per heavy atom. The smallest absolute Gasteiger partial charge is 0.135 e. The first-order chi connectivity index (χ1) is 4.66. The van der Waals surface area contributed by atoms with Gasteiger partial charge in [-0.2, -0.15) is 0 Å². The van der Waals surface area contributed by atoms with Crippen molar-refractivity contribution in [2.24, 2.45) is 5.73 Å². The standard InChI is InChI=1S/C8H13NO/c1-3-4-5-8(10)6-7(2)9/h1,7H,4-6,9H2,2H3. The van der Waals surface area contributed by atoms with E-state index in [1.165, 1.54) is 0 Å². The average molecular weight is 139 g/mol. The Kier molecular flexibility index (Phi) is 4.61. The first-order valence-corrected chi connectivity index (χ1v) is 3.37. The molecule has 0 aromatic carbocycles. The summed E-state index contributed by atoms with van der Waals surface area (Å²) >= 11 is 0. The summed E-state index contributed by atoms with van der Waals surface area (Å²) in [7, 11) is 0. The highest BCUT2D eigenvalue weighted by Crippen LogP contribution is 1.95. The van der Waals surface area contributed by atoms with Gasteiger partial charge in [0, 0.05) is 25.3 Å². The maximum absolute atomic E-state index is 10.8. The molecule has 0 bridgehead atoms. The number of nitrogens with two attached hydrogens (primary N) is 1. The molecule has 1 atom stereocenters. The highest BCUT2D eigenvalue weighted by molar-refractivity contribution is 5.79. The van der Waals surface area contributed by atoms with Crippen LogP contribution in [0.25, 0.3) is 0 Å². The third-order valence-electron chi connectivity index (χ3n) is 1.10. The molecule has 1 unspecified atom stereocenters. The van der Waals surface area contributed by atoms with E-state index in [1.54, 1.807) is 0 Å². The minimum absolute atomic E-state index is 0.0368. The zero-order valence-corrected chi connectivity index (χ0v) is 6.26. The van der Waals surface area contributed by atoms with E-state index in [-0.39, 0.29) is 11.8 Å². The summed E-state index contributed by atoms with van der Waals surface area (Å²) in [6, 6.07) is -0.0368. The predicted molar refractivity (Wildman–Crippen MR) is 41.3 cm³/mol. The fourth-order valence-electron chi connectivity index (χ4n) is 0.673. The van der Waals surface area contributed by atoms with Crippen LogP contribution in [-0.4, -0.2) is 11.8 Å². The second-order valence-corrected chi connectivity index (χ2v) is 2.42. The van der Waals surface area contributed by atoms with Crippen molar-refractivity contribution in [2.75, 3.05) is 0 Å². The number of terminal acetylenes is 1. The van der Waals surface area contributed by atoms with Gasteiger partial charge in [-0.25, -0.2) is 0 Å². The maximum Gasteiger partial charge on any atom is 0.135 e. The molecular formula is C8H13NO. The van der Waals surface area contributed by atoms with Crippen LogP contribution in [0.2, 0.25) is 0 Å². The maximum atomic E-state index is 10.8. The minimum atomic E-state index is -0.0368. The molecule has 0 aromatic rings. The monoisotopic (exact) mass is 139 g/mol. The quantitative estimate of drug-likeness (QED) is 0.583. The number of carbonyl (C=O) groups is 1. The summed E-state index contributed by atoms with van der Waals surface area (Å²) < 4.78 is 0. The van der Waals surface area contributed by atoms with Crippen LogP contribution in [0.1, 0.15) is 26.2 Å². The molecule has 2 N–H and O–H groups in total. The number of ketones is 1. The van der Waals surface area contributed by atoms with Crippen LogP contribution >= 0.6 is 0 Å². The molecular weight excluding hydrogens is 126 g/mol. The molecule has 0 aliphatic carbocycles. The third kappa shape index (κ3) is 5.33. The molecule has 0 spiro atoms. The van der Waals surface area contributed by atoms with Crippen molar-refractivity contribution in [1.29, 1.82) is 0 Å². The van der Waals surface area contributed by atoms with Gasteiger partial charge in [-0.05, 0) is 6.92 Å². The van der Waals surface area contributed by atoms with Crippen molar-refractivity contribution in [2.45, 2.75) is 32.2 Å². The van der Waals surface area contributed by atoms with Crippen molar-refractivity contribution in [3.8, 4) is 12.3 Å². The highest BCUT2D eigenvalue weighted by Gasteiger charge is 2.02. The molecule has 56 valence electrons. The van der Waals surface area contributed by atoms with E-state index in [2.05, 4.69) is 5.92 Å². The second kappa shape index (κ2) is 5.01. The van der Waals surface area contributed by atoms with Crippen LogP contribution in [0.15, 0.2) is 0 Å². The van der Waals surface area contributed by atoms with Gasteiger partial charge < -0.3 is 5.73 Å². The first-order valence-electron chi connectivity index (χ1n) is 3.37. The van der Waals surface area contributed by atoms with E-state index in [1.807, 2.05) is 6.92 Å². The summed E-state index contributed by atoms with van der Waals surface area (Å²) in [6.45, 7) is 1.81. The topological polar surface area (TPSA) is 43.1 Å². The Hall–Kier alpha value is -0.810. The molecule has 0 rings (SSSR count). The molecule has 0 aliphatic heterocycles. The normalized spacial score (nSPS) is 12.1. The fourth-order valence-corrected chi connectivity index (χ4v) is 0.673. The number of hydrogen-bond acceptors (Lipinski definition) is 2. The highest BCUT2D eigenvalue weighted by atomic mass is 16.1. The molecule has 2 nitrogen and oxygen atoms in total. The molecule has 0 amide bonds. The number of hydrogen-bond donors (Lipinski definition) is 1. The third-order valence-corrected chi connectivity index (χ3v) is 1.10. The van der Waals surface area contributed by atoms with E-state index >= 15 is 0 Å². The van der Waals surface area contributed by atoms with Crippen molar-refractivity contribution in [1.82, 2.24) is 0 Å². The Balaban J connectivity index is 3.37. The molecule has 2 heteroatoms. The van der Waals surface area contributed by atoms with Crippen LogP contribution in [0, 0.1) is 12.3 Å². The van der Waals surface area contributed by atoms with Crippen LogP contribution in [0.5, 0.6) is 0 Å². The van der Waals surface area contributed by atoms with Gasteiger partial charge in [0.15, 0.2) is 0 Å². The van der Waals surface area contributed by atoms with Crippen molar-refractivity contribution < 1.29 is 4.79 Å². The van der Waals surface area contributed by atoms with E-state index in [4.69, 9.17) is 12.2 Å². The van der Waals surface area contributed by atoms with E-state index < -0.39 is 0 Å². The summed E-state index contributed by atoms with van der Waals surface area (Å²) in [5.74, 6) is 2.57. The van der Waals surface area contributed by atoms with Gasteiger partial charge in [0.1, 0.15) is 5.78 Å². The van der Waals surface area contributed by atoms with E-state index in [0.717, 1.165) is 0 Å². The molecule has 0 radical (unpaired) electrons. The van der Waals surface area contributed by atoms with E-state index in [9.17, 15) is 4.79 Å². The largest absolute Gasteiger partial charge is 0.328 e.